The fraction of sp³-hybridized carbons (Fsp3) is 0.714. The second kappa shape index (κ2) is 8.32. The number of carbonyl (C=O) groups is 2. The van der Waals surface area contributed by atoms with Gasteiger partial charge in [-0.05, 0) is 13.8 Å². The molecule has 1 fully saturated rings. The molecular weight excluding hydrogens is 320 g/mol. The predicted molar refractivity (Wildman–Crippen MR) is 85.0 cm³/mol. The average Bonchev–Trinajstić information content (AvgIpc) is 3.12. The Kier molecular flexibility index (Phi) is 6.43. The van der Waals surface area contributed by atoms with E-state index >= 15 is 0 Å². The van der Waals surface area contributed by atoms with Gasteiger partial charge >= 0.3 is 0 Å². The van der Waals surface area contributed by atoms with E-state index in [9.17, 15) is 9.59 Å². The molecule has 1 aliphatic rings. The summed E-state index contributed by atoms with van der Waals surface area (Å²) in [7, 11) is 1.59. The van der Waals surface area contributed by atoms with Crippen molar-refractivity contribution in [3.05, 3.63) is 5.01 Å². The van der Waals surface area contributed by atoms with E-state index in [1.54, 1.807) is 12.0 Å². The third kappa shape index (κ3) is 4.69. The molecule has 8 nitrogen and oxygen atoms in total. The Morgan fingerprint density at radius 3 is 3.00 bits per heavy atom. The highest BCUT2D eigenvalue weighted by atomic mass is 32.1. The molecule has 1 aromatic rings. The van der Waals surface area contributed by atoms with Crippen LogP contribution in [0.25, 0.3) is 0 Å². The first-order chi connectivity index (χ1) is 11.0. The number of ether oxygens (including phenoxy) is 2. The van der Waals surface area contributed by atoms with Crippen LogP contribution < -0.4 is 5.32 Å². The topological polar surface area (TPSA) is 93.7 Å². The van der Waals surface area contributed by atoms with Crippen LogP contribution in [0.5, 0.6) is 0 Å². The minimum atomic E-state index is -0.374. The minimum absolute atomic E-state index is 0.0241. The summed E-state index contributed by atoms with van der Waals surface area (Å²) in [6.45, 7) is 5.65. The van der Waals surface area contributed by atoms with Crippen molar-refractivity contribution in [1.29, 1.82) is 0 Å². The Labute approximate surface area is 139 Å². The number of hydrogen-bond acceptors (Lipinski definition) is 7. The van der Waals surface area contributed by atoms with Crippen molar-refractivity contribution < 1.29 is 19.1 Å². The lowest BCUT2D eigenvalue weighted by Crippen LogP contribution is -2.38. The van der Waals surface area contributed by atoms with Crippen LogP contribution in [0.2, 0.25) is 0 Å². The van der Waals surface area contributed by atoms with E-state index in [0.717, 1.165) is 0 Å². The number of amides is 2. The summed E-state index contributed by atoms with van der Waals surface area (Å²) < 4.78 is 10.3. The number of nitrogens with zero attached hydrogens (tertiary/aromatic N) is 3. The molecule has 0 aliphatic carbocycles. The van der Waals surface area contributed by atoms with Gasteiger partial charge in [0.15, 0.2) is 0 Å². The van der Waals surface area contributed by atoms with Crippen molar-refractivity contribution in [2.45, 2.75) is 32.9 Å². The number of likely N-dealkylation sites (tertiary alicyclic amines) is 1. The van der Waals surface area contributed by atoms with Crippen LogP contribution in [-0.4, -0.2) is 59.8 Å². The van der Waals surface area contributed by atoms with Gasteiger partial charge in [0.1, 0.15) is 11.6 Å². The molecule has 0 bridgehead atoms. The number of anilines is 1. The first-order valence-corrected chi connectivity index (χ1v) is 8.36. The van der Waals surface area contributed by atoms with E-state index in [4.69, 9.17) is 9.47 Å². The molecule has 1 saturated heterocycles. The van der Waals surface area contributed by atoms with Gasteiger partial charge in [-0.3, -0.25) is 9.59 Å². The van der Waals surface area contributed by atoms with Crippen LogP contribution >= 0.6 is 11.3 Å². The van der Waals surface area contributed by atoms with Crippen molar-refractivity contribution in [2.24, 2.45) is 5.92 Å². The molecule has 9 heteroatoms. The number of nitrogens with one attached hydrogen (secondary N) is 1. The molecule has 0 spiro atoms. The highest BCUT2D eigenvalue weighted by molar-refractivity contribution is 7.15. The van der Waals surface area contributed by atoms with E-state index in [2.05, 4.69) is 15.5 Å². The maximum absolute atomic E-state index is 12.3. The molecule has 0 radical (unpaired) electrons. The molecule has 128 valence electrons. The first-order valence-electron chi connectivity index (χ1n) is 7.54. The Morgan fingerprint density at radius 2 is 2.30 bits per heavy atom. The summed E-state index contributed by atoms with van der Waals surface area (Å²) in [5, 5.41) is 11.7. The van der Waals surface area contributed by atoms with Gasteiger partial charge in [0, 0.05) is 26.7 Å². The van der Waals surface area contributed by atoms with Gasteiger partial charge in [-0.2, -0.15) is 0 Å². The normalized spacial score (nSPS) is 19.2. The lowest BCUT2D eigenvalue weighted by atomic mass is 10.1. The second-order valence-corrected chi connectivity index (χ2v) is 6.44. The van der Waals surface area contributed by atoms with E-state index < -0.39 is 0 Å². The van der Waals surface area contributed by atoms with Crippen molar-refractivity contribution in [3.63, 3.8) is 0 Å². The van der Waals surface area contributed by atoms with Crippen molar-refractivity contribution in [3.8, 4) is 0 Å². The zero-order valence-corrected chi connectivity index (χ0v) is 14.4. The Hall–Kier alpha value is -1.58. The van der Waals surface area contributed by atoms with Crippen LogP contribution in [0.3, 0.4) is 0 Å². The third-order valence-corrected chi connectivity index (χ3v) is 4.41. The number of methoxy groups -OCH3 is 1. The summed E-state index contributed by atoms with van der Waals surface area (Å²) >= 11 is 1.28. The minimum Gasteiger partial charge on any atom is -0.383 e. The van der Waals surface area contributed by atoms with Gasteiger partial charge < -0.3 is 19.7 Å². The Bertz CT molecular complexity index is 551. The lowest BCUT2D eigenvalue weighted by Gasteiger charge is -2.23. The van der Waals surface area contributed by atoms with E-state index in [1.807, 2.05) is 13.8 Å². The van der Waals surface area contributed by atoms with Crippen LogP contribution in [0, 0.1) is 5.92 Å². The molecule has 2 rings (SSSR count). The molecule has 1 aromatic heterocycles. The van der Waals surface area contributed by atoms with Gasteiger partial charge in [0.05, 0.1) is 18.6 Å². The quantitative estimate of drug-likeness (QED) is 0.754. The summed E-state index contributed by atoms with van der Waals surface area (Å²) in [5.74, 6) is -0.602. The zero-order valence-electron chi connectivity index (χ0n) is 13.6. The molecule has 0 aromatic carbocycles. The molecule has 2 unspecified atom stereocenters. The van der Waals surface area contributed by atoms with Gasteiger partial charge in [-0.1, -0.05) is 11.3 Å². The zero-order chi connectivity index (χ0) is 16.8. The average molecular weight is 342 g/mol. The summed E-state index contributed by atoms with van der Waals surface area (Å²) in [5.41, 5.74) is 0. The molecule has 2 atom stereocenters. The maximum Gasteiger partial charge on any atom is 0.231 e. The SMILES string of the molecule is CCOCc1nnc(NC(=O)C2CC(=O)N(C(C)COC)C2)s1. The number of hydrogen-bond donors (Lipinski definition) is 1. The van der Waals surface area contributed by atoms with Crippen LogP contribution in [-0.2, 0) is 25.7 Å². The maximum atomic E-state index is 12.3. The summed E-state index contributed by atoms with van der Waals surface area (Å²) in [6.07, 6.45) is 0.213. The second-order valence-electron chi connectivity index (χ2n) is 5.38. The van der Waals surface area contributed by atoms with E-state index in [0.29, 0.717) is 36.5 Å². The number of rotatable bonds is 8. The number of carbonyl (C=O) groups excluding carboxylic acids is 2. The Balaban J connectivity index is 1.89. The molecule has 1 N–H and O–H groups in total. The van der Waals surface area contributed by atoms with Crippen LogP contribution in [0.4, 0.5) is 5.13 Å². The first kappa shape index (κ1) is 17.8. The fourth-order valence-corrected chi connectivity index (χ4v) is 3.10. The molecule has 0 saturated carbocycles. The van der Waals surface area contributed by atoms with Crippen molar-refractivity contribution >= 4 is 28.3 Å². The van der Waals surface area contributed by atoms with Crippen molar-refractivity contribution in [1.82, 2.24) is 15.1 Å². The molecule has 2 heterocycles. The number of aromatic nitrogens is 2. The van der Waals surface area contributed by atoms with Crippen LogP contribution in [0.15, 0.2) is 0 Å². The highest BCUT2D eigenvalue weighted by Gasteiger charge is 2.36. The molecule has 2 amide bonds. The monoisotopic (exact) mass is 342 g/mol. The smallest absolute Gasteiger partial charge is 0.231 e. The standard InChI is InChI=1S/C14H22N4O4S/c1-4-22-8-11-16-17-14(23-11)15-13(20)10-5-12(19)18(6-10)9(2)7-21-3/h9-10H,4-8H2,1-3H3,(H,15,17,20). The van der Waals surface area contributed by atoms with Gasteiger partial charge in [-0.15, -0.1) is 10.2 Å². The highest BCUT2D eigenvalue weighted by Crippen LogP contribution is 2.23. The van der Waals surface area contributed by atoms with Gasteiger partial charge in [0.2, 0.25) is 16.9 Å². The lowest BCUT2D eigenvalue weighted by molar-refractivity contribution is -0.130. The third-order valence-electron chi connectivity index (χ3n) is 3.60. The van der Waals surface area contributed by atoms with E-state index in [1.165, 1.54) is 11.3 Å². The molecule has 23 heavy (non-hydrogen) atoms. The summed E-state index contributed by atoms with van der Waals surface area (Å²) in [4.78, 5) is 26.0. The molecule has 1 aliphatic heterocycles. The van der Waals surface area contributed by atoms with Gasteiger partial charge in [0.25, 0.3) is 0 Å². The van der Waals surface area contributed by atoms with E-state index in [-0.39, 0.29) is 30.2 Å². The fourth-order valence-electron chi connectivity index (χ4n) is 2.42. The van der Waals surface area contributed by atoms with Crippen molar-refractivity contribution in [2.75, 3.05) is 32.2 Å². The largest absolute Gasteiger partial charge is 0.383 e. The van der Waals surface area contributed by atoms with Crippen LogP contribution in [0.1, 0.15) is 25.3 Å². The summed E-state index contributed by atoms with van der Waals surface area (Å²) in [6, 6.07) is -0.0374. The Morgan fingerprint density at radius 1 is 1.52 bits per heavy atom. The predicted octanol–water partition coefficient (Wildman–Crippen LogP) is 0.896. The molecular formula is C14H22N4O4S. The van der Waals surface area contributed by atoms with Gasteiger partial charge in [-0.25, -0.2) is 0 Å².